The fourth-order valence-corrected chi connectivity index (χ4v) is 1.77. The van der Waals surface area contributed by atoms with E-state index < -0.39 is 0 Å². The third-order valence-electron chi connectivity index (χ3n) is 2.71. The zero-order chi connectivity index (χ0) is 10.5. The van der Waals surface area contributed by atoms with Gasteiger partial charge in [0.05, 0.1) is 0 Å². The number of hydrogen-bond donors (Lipinski definition) is 0. The van der Waals surface area contributed by atoms with Crippen LogP contribution in [0.25, 0.3) is 0 Å². The van der Waals surface area contributed by atoms with Crippen LogP contribution in [-0.4, -0.2) is 47.4 Å². The number of carbonyl (C=O) groups excluding carboxylic acids is 1. The topological polar surface area (TPSA) is 36.4 Å². The minimum atomic E-state index is 0.842. The summed E-state index contributed by atoms with van der Waals surface area (Å²) in [7, 11) is 0. The van der Waals surface area contributed by atoms with Gasteiger partial charge < -0.3 is 4.90 Å². The standard InChI is InChI=1S/C11H15N3O/c15-10-14-7-5-13(6-8-14)9-11-1-3-12-4-2-11/h1-4,10H,5-9H2. The van der Waals surface area contributed by atoms with Gasteiger partial charge in [-0.2, -0.15) is 0 Å². The predicted molar refractivity (Wildman–Crippen MR) is 57.2 cm³/mol. The maximum atomic E-state index is 10.5. The summed E-state index contributed by atoms with van der Waals surface area (Å²) in [4.78, 5) is 18.7. The quantitative estimate of drug-likeness (QED) is 0.668. The number of piperazine rings is 1. The molecule has 1 aromatic rings. The smallest absolute Gasteiger partial charge is 0.209 e. The molecule has 1 amide bonds. The second kappa shape index (κ2) is 4.89. The Morgan fingerprint density at radius 3 is 2.47 bits per heavy atom. The molecule has 0 spiro atoms. The molecule has 1 aliphatic rings. The van der Waals surface area contributed by atoms with Gasteiger partial charge in [0.2, 0.25) is 6.41 Å². The molecule has 15 heavy (non-hydrogen) atoms. The van der Waals surface area contributed by atoms with Crippen molar-refractivity contribution >= 4 is 6.41 Å². The lowest BCUT2D eigenvalue weighted by atomic mass is 10.2. The summed E-state index contributed by atoms with van der Waals surface area (Å²) in [5.41, 5.74) is 1.28. The third kappa shape index (κ3) is 2.76. The average molecular weight is 205 g/mol. The van der Waals surface area contributed by atoms with Gasteiger partial charge in [-0.3, -0.25) is 14.7 Å². The Hall–Kier alpha value is -1.42. The summed E-state index contributed by atoms with van der Waals surface area (Å²) < 4.78 is 0. The van der Waals surface area contributed by atoms with Crippen LogP contribution in [0.4, 0.5) is 0 Å². The first-order chi connectivity index (χ1) is 7.38. The van der Waals surface area contributed by atoms with Crippen LogP contribution in [-0.2, 0) is 11.3 Å². The fraction of sp³-hybridized carbons (Fsp3) is 0.455. The van der Waals surface area contributed by atoms with Gasteiger partial charge in [0.15, 0.2) is 0 Å². The third-order valence-corrected chi connectivity index (χ3v) is 2.71. The number of nitrogens with zero attached hydrogens (tertiary/aromatic N) is 3. The lowest BCUT2D eigenvalue weighted by Crippen LogP contribution is -2.45. The van der Waals surface area contributed by atoms with E-state index in [-0.39, 0.29) is 0 Å². The van der Waals surface area contributed by atoms with Gasteiger partial charge in [-0.25, -0.2) is 0 Å². The van der Waals surface area contributed by atoms with Crippen LogP contribution in [0.3, 0.4) is 0 Å². The molecule has 1 aliphatic heterocycles. The highest BCUT2D eigenvalue weighted by Crippen LogP contribution is 2.06. The van der Waals surface area contributed by atoms with E-state index >= 15 is 0 Å². The van der Waals surface area contributed by atoms with Crippen molar-refractivity contribution in [2.45, 2.75) is 6.54 Å². The normalized spacial score (nSPS) is 17.7. The lowest BCUT2D eigenvalue weighted by molar-refractivity contribution is -0.119. The van der Waals surface area contributed by atoms with Gasteiger partial charge in [0.25, 0.3) is 0 Å². The first kappa shape index (κ1) is 10.1. The summed E-state index contributed by atoms with van der Waals surface area (Å²) in [6, 6.07) is 4.07. The number of amides is 1. The zero-order valence-electron chi connectivity index (χ0n) is 8.67. The van der Waals surface area contributed by atoms with Crippen LogP contribution in [0, 0.1) is 0 Å². The molecule has 80 valence electrons. The zero-order valence-corrected chi connectivity index (χ0v) is 8.67. The summed E-state index contributed by atoms with van der Waals surface area (Å²) >= 11 is 0. The van der Waals surface area contributed by atoms with Crippen LogP contribution in [0.1, 0.15) is 5.56 Å². The average Bonchev–Trinajstić information content (AvgIpc) is 2.31. The Bertz CT molecular complexity index is 307. The van der Waals surface area contributed by atoms with Crippen molar-refractivity contribution < 1.29 is 4.79 Å². The summed E-state index contributed by atoms with van der Waals surface area (Å²) in [6.07, 6.45) is 4.57. The van der Waals surface area contributed by atoms with Gasteiger partial charge >= 0.3 is 0 Å². The summed E-state index contributed by atoms with van der Waals surface area (Å²) in [5, 5.41) is 0. The fourth-order valence-electron chi connectivity index (χ4n) is 1.77. The van der Waals surface area contributed by atoms with E-state index in [1.54, 1.807) is 0 Å². The van der Waals surface area contributed by atoms with Crippen LogP contribution in [0.5, 0.6) is 0 Å². The van der Waals surface area contributed by atoms with Crippen LogP contribution < -0.4 is 0 Å². The van der Waals surface area contributed by atoms with Crippen LogP contribution in [0.2, 0.25) is 0 Å². The largest absolute Gasteiger partial charge is 0.343 e. The minimum Gasteiger partial charge on any atom is -0.343 e. The highest BCUT2D eigenvalue weighted by atomic mass is 16.1. The Morgan fingerprint density at radius 2 is 1.87 bits per heavy atom. The SMILES string of the molecule is O=CN1CCN(Cc2ccncc2)CC1. The number of rotatable bonds is 3. The van der Waals surface area contributed by atoms with Gasteiger partial charge in [-0.05, 0) is 17.7 Å². The molecule has 0 radical (unpaired) electrons. The van der Waals surface area contributed by atoms with Crippen molar-refractivity contribution in [1.82, 2.24) is 14.8 Å². The molecule has 0 aromatic carbocycles. The van der Waals surface area contributed by atoms with E-state index in [9.17, 15) is 4.79 Å². The van der Waals surface area contributed by atoms with Crippen molar-refractivity contribution in [2.75, 3.05) is 26.2 Å². The van der Waals surface area contributed by atoms with Crippen LogP contribution in [0.15, 0.2) is 24.5 Å². The molecule has 4 heteroatoms. The Morgan fingerprint density at radius 1 is 1.20 bits per heavy atom. The van der Waals surface area contributed by atoms with Gasteiger partial charge in [-0.15, -0.1) is 0 Å². The van der Waals surface area contributed by atoms with Gasteiger partial charge in [0.1, 0.15) is 0 Å². The van der Waals surface area contributed by atoms with E-state index in [4.69, 9.17) is 0 Å². The molecule has 4 nitrogen and oxygen atoms in total. The second-order valence-electron chi connectivity index (χ2n) is 3.77. The molecule has 0 saturated carbocycles. The molecule has 2 heterocycles. The molecular weight excluding hydrogens is 190 g/mol. The Balaban J connectivity index is 1.85. The second-order valence-corrected chi connectivity index (χ2v) is 3.77. The Labute approximate surface area is 89.5 Å². The monoisotopic (exact) mass is 205 g/mol. The molecular formula is C11H15N3O. The van der Waals surface area contributed by atoms with E-state index in [0.29, 0.717) is 0 Å². The molecule has 0 aliphatic carbocycles. The summed E-state index contributed by atoms with van der Waals surface area (Å²) in [5.74, 6) is 0. The highest BCUT2D eigenvalue weighted by Gasteiger charge is 2.14. The highest BCUT2D eigenvalue weighted by molar-refractivity contribution is 5.47. The van der Waals surface area contributed by atoms with Crippen molar-refractivity contribution in [1.29, 1.82) is 0 Å². The van der Waals surface area contributed by atoms with E-state index in [1.165, 1.54) is 5.56 Å². The molecule has 0 unspecified atom stereocenters. The predicted octanol–water partition coefficient (Wildman–Crippen LogP) is 0.356. The molecule has 0 N–H and O–H groups in total. The van der Waals surface area contributed by atoms with Crippen molar-refractivity contribution in [3.63, 3.8) is 0 Å². The number of carbonyl (C=O) groups is 1. The number of pyridine rings is 1. The Kier molecular flexibility index (Phi) is 3.29. The van der Waals surface area contributed by atoms with Crippen LogP contribution >= 0.6 is 0 Å². The first-order valence-electron chi connectivity index (χ1n) is 5.19. The first-order valence-corrected chi connectivity index (χ1v) is 5.19. The van der Waals surface area contributed by atoms with E-state index in [0.717, 1.165) is 39.1 Å². The molecule has 1 fully saturated rings. The van der Waals surface area contributed by atoms with Gasteiger partial charge in [-0.1, -0.05) is 0 Å². The molecule has 0 bridgehead atoms. The van der Waals surface area contributed by atoms with Crippen molar-refractivity contribution in [3.05, 3.63) is 30.1 Å². The maximum absolute atomic E-state index is 10.5. The number of aromatic nitrogens is 1. The lowest BCUT2D eigenvalue weighted by Gasteiger charge is -2.32. The van der Waals surface area contributed by atoms with E-state index in [2.05, 4.69) is 9.88 Å². The van der Waals surface area contributed by atoms with Crippen molar-refractivity contribution in [3.8, 4) is 0 Å². The molecule has 1 aromatic heterocycles. The molecule has 1 saturated heterocycles. The van der Waals surface area contributed by atoms with Gasteiger partial charge in [0, 0.05) is 45.1 Å². The molecule has 2 rings (SSSR count). The minimum absolute atomic E-state index is 0.842. The summed E-state index contributed by atoms with van der Waals surface area (Å²) in [6.45, 7) is 4.56. The number of hydrogen-bond acceptors (Lipinski definition) is 3. The van der Waals surface area contributed by atoms with E-state index in [1.807, 2.05) is 29.4 Å². The molecule has 0 atom stereocenters. The maximum Gasteiger partial charge on any atom is 0.209 e. The van der Waals surface area contributed by atoms with Crippen molar-refractivity contribution in [2.24, 2.45) is 0 Å².